The standard InChI is InChI=1S/C18H25BrN6OS.C6H12.C2H4/c1-5-14(10-22-18(26)17-13(2)23-15(19)12-27-17)24(3)8-9-25(4)16-11-20-6-7-21-16;1-4-5-6(2)3;1-2/h6-7,10-11H,5,8-9,12H2,1-4H3,(H,22,26);4,6H,1,5H2,2-3H3;1-2H2/b14-10-;;. The van der Waals surface area contributed by atoms with Crippen molar-refractivity contribution in [2.45, 2.75) is 40.5 Å². The first kappa shape index (κ1) is 32.6. The third-order valence-corrected chi connectivity index (χ3v) is 6.75. The van der Waals surface area contributed by atoms with Gasteiger partial charge in [-0.05, 0) is 41.6 Å². The molecule has 0 radical (unpaired) electrons. The number of carbonyl (C=O) groups excluding carboxylic acids is 1. The minimum atomic E-state index is -0.114. The normalized spacial score (nSPS) is 13.0. The van der Waals surface area contributed by atoms with E-state index in [1.54, 1.807) is 24.8 Å². The van der Waals surface area contributed by atoms with E-state index >= 15 is 0 Å². The number of aromatic nitrogens is 2. The Morgan fingerprint density at radius 3 is 2.46 bits per heavy atom. The zero-order chi connectivity index (χ0) is 26.8. The minimum absolute atomic E-state index is 0.114. The number of anilines is 1. The fourth-order valence-corrected chi connectivity index (χ4v) is 4.19. The Hall–Kier alpha value is -2.39. The smallest absolute Gasteiger partial charge is 0.263 e. The molecule has 0 aliphatic carbocycles. The van der Waals surface area contributed by atoms with E-state index < -0.39 is 0 Å². The van der Waals surface area contributed by atoms with Crippen LogP contribution in [-0.2, 0) is 4.79 Å². The Balaban J connectivity index is 0.00000126. The fourth-order valence-electron chi connectivity index (χ4n) is 2.81. The van der Waals surface area contributed by atoms with E-state index in [0.717, 1.165) is 53.7 Å². The largest absolute Gasteiger partial charge is 0.375 e. The van der Waals surface area contributed by atoms with Crippen molar-refractivity contribution in [1.82, 2.24) is 20.2 Å². The quantitative estimate of drug-likeness (QED) is 0.351. The summed E-state index contributed by atoms with van der Waals surface area (Å²) in [5, 5.41) is 2.91. The number of hydrogen-bond acceptors (Lipinski definition) is 7. The number of allylic oxidation sites excluding steroid dienone is 3. The number of aliphatic imine (C=N–C) groups is 1. The zero-order valence-corrected chi connectivity index (χ0v) is 24.5. The Kier molecular flexibility index (Phi) is 17.6. The lowest BCUT2D eigenvalue weighted by Gasteiger charge is -2.26. The highest BCUT2D eigenvalue weighted by Gasteiger charge is 2.18. The maximum absolute atomic E-state index is 12.4. The molecule has 2 rings (SSSR count). The molecular weight excluding hydrogens is 524 g/mol. The number of nitrogens with zero attached hydrogens (tertiary/aromatic N) is 5. The Morgan fingerprint density at radius 2 is 1.97 bits per heavy atom. The van der Waals surface area contributed by atoms with Crippen molar-refractivity contribution in [3.05, 3.63) is 66.9 Å². The molecule has 0 unspecified atom stereocenters. The van der Waals surface area contributed by atoms with E-state index in [9.17, 15) is 4.79 Å². The first-order valence-electron chi connectivity index (χ1n) is 11.5. The molecule has 1 N–H and O–H groups in total. The molecule has 1 aliphatic rings. The lowest BCUT2D eigenvalue weighted by molar-refractivity contribution is -0.116. The molecule has 0 fully saturated rings. The van der Waals surface area contributed by atoms with Gasteiger partial charge in [0, 0.05) is 57.2 Å². The van der Waals surface area contributed by atoms with Crippen LogP contribution in [0.2, 0.25) is 0 Å². The van der Waals surface area contributed by atoms with Gasteiger partial charge in [-0.2, -0.15) is 0 Å². The van der Waals surface area contributed by atoms with Gasteiger partial charge >= 0.3 is 0 Å². The minimum Gasteiger partial charge on any atom is -0.375 e. The Labute approximate surface area is 224 Å². The first-order chi connectivity index (χ1) is 16.7. The summed E-state index contributed by atoms with van der Waals surface area (Å²) in [5.41, 5.74) is 1.79. The van der Waals surface area contributed by atoms with Crippen molar-refractivity contribution >= 4 is 44.0 Å². The molecule has 0 saturated heterocycles. The maximum Gasteiger partial charge on any atom is 0.263 e. The SMILES string of the molecule is C=C.C=CCC(C)C.CC/C(=C/NC(=O)C1=C(C)N=C(Br)CS1)N(C)CCN(C)c1cnccn1. The molecular formula is C26H41BrN6OS. The summed E-state index contributed by atoms with van der Waals surface area (Å²) in [7, 11) is 4.01. The third-order valence-electron chi connectivity index (χ3n) is 4.73. The lowest BCUT2D eigenvalue weighted by Crippen LogP contribution is -2.32. The van der Waals surface area contributed by atoms with Gasteiger partial charge in [0.1, 0.15) is 5.82 Å². The second-order valence-electron chi connectivity index (χ2n) is 7.98. The molecule has 0 saturated carbocycles. The van der Waals surface area contributed by atoms with E-state index in [-0.39, 0.29) is 5.91 Å². The summed E-state index contributed by atoms with van der Waals surface area (Å²) in [6.07, 6.45) is 10.8. The second kappa shape index (κ2) is 18.9. The van der Waals surface area contributed by atoms with Gasteiger partial charge in [-0.15, -0.1) is 31.5 Å². The molecule has 1 aromatic heterocycles. The van der Waals surface area contributed by atoms with Crippen LogP contribution in [-0.4, -0.2) is 58.3 Å². The predicted octanol–water partition coefficient (Wildman–Crippen LogP) is 6.00. The van der Waals surface area contributed by atoms with Gasteiger partial charge in [-0.3, -0.25) is 9.78 Å². The van der Waals surface area contributed by atoms with Crippen LogP contribution in [0.5, 0.6) is 0 Å². The number of nitrogens with one attached hydrogen (secondary N) is 1. The number of carbonyl (C=O) groups is 1. The average molecular weight is 566 g/mol. The summed E-state index contributed by atoms with van der Waals surface area (Å²) >= 11 is 4.87. The van der Waals surface area contributed by atoms with Crippen molar-refractivity contribution in [2.75, 3.05) is 37.8 Å². The van der Waals surface area contributed by atoms with Crippen LogP contribution in [0.3, 0.4) is 0 Å². The lowest BCUT2D eigenvalue weighted by atomic mass is 10.1. The molecule has 1 amide bonds. The van der Waals surface area contributed by atoms with Crippen LogP contribution in [0.25, 0.3) is 0 Å². The number of rotatable bonds is 10. The number of thioether (sulfide) groups is 1. The molecule has 194 valence electrons. The molecule has 0 spiro atoms. The van der Waals surface area contributed by atoms with E-state index in [0.29, 0.717) is 10.7 Å². The van der Waals surface area contributed by atoms with Gasteiger partial charge in [0.25, 0.3) is 5.91 Å². The highest BCUT2D eigenvalue weighted by molar-refractivity contribution is 9.18. The van der Waals surface area contributed by atoms with E-state index in [2.05, 4.69) is 86.5 Å². The summed E-state index contributed by atoms with van der Waals surface area (Å²) in [4.78, 5) is 30.0. The predicted molar refractivity (Wildman–Crippen MR) is 157 cm³/mol. The van der Waals surface area contributed by atoms with Crippen LogP contribution >= 0.6 is 27.7 Å². The zero-order valence-electron chi connectivity index (χ0n) is 22.1. The first-order valence-corrected chi connectivity index (χ1v) is 13.3. The third kappa shape index (κ3) is 13.3. The van der Waals surface area contributed by atoms with Crippen LogP contribution < -0.4 is 10.2 Å². The molecule has 1 aliphatic heterocycles. The molecule has 7 nitrogen and oxygen atoms in total. The van der Waals surface area contributed by atoms with Crippen LogP contribution in [0.1, 0.15) is 40.5 Å². The summed E-state index contributed by atoms with van der Waals surface area (Å²) in [6.45, 7) is 19.5. The molecule has 1 aromatic rings. The second-order valence-corrected chi connectivity index (χ2v) is 9.88. The van der Waals surface area contributed by atoms with E-state index in [1.165, 1.54) is 11.8 Å². The van der Waals surface area contributed by atoms with Gasteiger partial charge in [0.2, 0.25) is 0 Å². The van der Waals surface area contributed by atoms with E-state index in [1.807, 2.05) is 27.1 Å². The topological polar surface area (TPSA) is 73.7 Å². The molecule has 0 aromatic carbocycles. The molecule has 0 atom stereocenters. The van der Waals surface area contributed by atoms with E-state index in [4.69, 9.17) is 0 Å². The number of amides is 1. The van der Waals surface area contributed by atoms with Crippen LogP contribution in [0.4, 0.5) is 5.82 Å². The average Bonchev–Trinajstić information content (AvgIpc) is 2.84. The van der Waals surface area contributed by atoms with Crippen LogP contribution in [0.15, 0.2) is 71.9 Å². The molecule has 9 heteroatoms. The number of hydrogen-bond donors (Lipinski definition) is 1. The van der Waals surface area contributed by atoms with Crippen molar-refractivity contribution < 1.29 is 4.79 Å². The monoisotopic (exact) mass is 564 g/mol. The van der Waals surface area contributed by atoms with Gasteiger partial charge in [-0.25, -0.2) is 9.98 Å². The highest BCUT2D eigenvalue weighted by atomic mass is 79.9. The van der Waals surface area contributed by atoms with Gasteiger partial charge in [-0.1, -0.05) is 26.8 Å². The van der Waals surface area contributed by atoms with Crippen molar-refractivity contribution in [2.24, 2.45) is 10.9 Å². The fraction of sp³-hybridized carbons (Fsp3) is 0.462. The van der Waals surface area contributed by atoms with Crippen molar-refractivity contribution in [1.29, 1.82) is 0 Å². The van der Waals surface area contributed by atoms with Crippen LogP contribution in [0, 0.1) is 5.92 Å². The highest BCUT2D eigenvalue weighted by Crippen LogP contribution is 2.27. The number of halogens is 1. The van der Waals surface area contributed by atoms with Gasteiger partial charge in [0.15, 0.2) is 0 Å². The molecule has 0 bridgehead atoms. The summed E-state index contributed by atoms with van der Waals surface area (Å²) < 4.78 is 0.860. The van der Waals surface area contributed by atoms with Gasteiger partial charge in [0.05, 0.1) is 21.4 Å². The molecule has 35 heavy (non-hydrogen) atoms. The molecule has 2 heterocycles. The van der Waals surface area contributed by atoms with Crippen molar-refractivity contribution in [3.8, 4) is 0 Å². The maximum atomic E-state index is 12.4. The summed E-state index contributed by atoms with van der Waals surface area (Å²) in [6, 6.07) is 0. The van der Waals surface area contributed by atoms with Crippen molar-refractivity contribution in [3.63, 3.8) is 0 Å². The Morgan fingerprint density at radius 1 is 1.29 bits per heavy atom. The summed E-state index contributed by atoms with van der Waals surface area (Å²) in [5.74, 6) is 2.18. The Bertz CT molecular complexity index is 870. The number of likely N-dealkylation sites (N-methyl/N-ethyl adjacent to an activating group) is 2. The van der Waals surface area contributed by atoms with Gasteiger partial charge < -0.3 is 15.1 Å².